The maximum absolute atomic E-state index is 12.8. The third kappa shape index (κ3) is 3.51. The molecule has 26 heavy (non-hydrogen) atoms. The lowest BCUT2D eigenvalue weighted by Crippen LogP contribution is -2.35. The molecule has 5 nitrogen and oxygen atoms in total. The molecule has 0 saturated carbocycles. The Morgan fingerprint density at radius 1 is 1.12 bits per heavy atom. The van der Waals surface area contributed by atoms with Crippen molar-refractivity contribution in [3.8, 4) is 5.75 Å². The number of carbonyl (C=O) groups excluding carboxylic acids is 2. The van der Waals surface area contributed by atoms with Gasteiger partial charge in [0.1, 0.15) is 11.3 Å². The van der Waals surface area contributed by atoms with Gasteiger partial charge in [-0.2, -0.15) is 0 Å². The first kappa shape index (κ1) is 18.2. The van der Waals surface area contributed by atoms with Crippen molar-refractivity contribution >= 4 is 39.5 Å². The quantitative estimate of drug-likeness (QED) is 0.608. The predicted octanol–water partition coefficient (Wildman–Crippen LogP) is 3.93. The Morgan fingerprint density at radius 3 is 2.58 bits per heavy atom. The largest absolute Gasteiger partial charge is 0.493 e. The minimum atomic E-state index is -0.435. The number of ether oxygens (including phenoxy) is 1. The lowest BCUT2D eigenvalue weighted by molar-refractivity contribution is -0.117. The van der Waals surface area contributed by atoms with Crippen LogP contribution in [0.25, 0.3) is 6.08 Å². The summed E-state index contributed by atoms with van der Waals surface area (Å²) >= 11 is 3.41. The van der Waals surface area contributed by atoms with Crippen molar-refractivity contribution in [3.05, 3.63) is 63.1 Å². The van der Waals surface area contributed by atoms with E-state index in [1.165, 1.54) is 5.01 Å². The van der Waals surface area contributed by atoms with Gasteiger partial charge in [-0.3, -0.25) is 15.0 Å². The van der Waals surface area contributed by atoms with Gasteiger partial charge in [-0.25, -0.2) is 5.01 Å². The molecule has 0 unspecified atom stereocenters. The van der Waals surface area contributed by atoms with Gasteiger partial charge in [0.05, 0.1) is 12.3 Å². The number of rotatable bonds is 4. The van der Waals surface area contributed by atoms with Gasteiger partial charge in [0, 0.05) is 10.0 Å². The SMILES string of the molecule is CCOc1ccc(Br)cc1C=C1C(=O)NN(c2ccc(C)c(C)c2)C1=O. The molecule has 134 valence electrons. The summed E-state index contributed by atoms with van der Waals surface area (Å²) in [5, 5.41) is 1.28. The van der Waals surface area contributed by atoms with Crippen LogP contribution in [0.3, 0.4) is 0 Å². The summed E-state index contributed by atoms with van der Waals surface area (Å²) in [4.78, 5) is 25.2. The maximum Gasteiger partial charge on any atom is 0.282 e. The average Bonchev–Trinajstić information content (AvgIpc) is 2.88. The number of anilines is 1. The van der Waals surface area contributed by atoms with E-state index in [2.05, 4.69) is 21.4 Å². The Bertz CT molecular complexity index is 921. The van der Waals surface area contributed by atoms with E-state index in [4.69, 9.17) is 4.74 Å². The number of nitrogens with one attached hydrogen (secondary N) is 1. The molecule has 0 radical (unpaired) electrons. The summed E-state index contributed by atoms with van der Waals surface area (Å²) < 4.78 is 6.43. The third-order valence-electron chi connectivity index (χ3n) is 4.21. The lowest BCUT2D eigenvalue weighted by atomic mass is 10.1. The van der Waals surface area contributed by atoms with E-state index in [1.54, 1.807) is 12.1 Å². The lowest BCUT2D eigenvalue weighted by Gasteiger charge is -2.16. The standard InChI is InChI=1S/C20H19BrN2O3/c1-4-26-18-8-6-15(21)10-14(18)11-17-19(24)22-23(20(17)25)16-7-5-12(2)13(3)9-16/h5-11H,4H2,1-3H3,(H,22,24). The van der Waals surface area contributed by atoms with Gasteiger partial charge < -0.3 is 4.74 Å². The Hall–Kier alpha value is -2.60. The highest BCUT2D eigenvalue weighted by atomic mass is 79.9. The normalized spacial score (nSPS) is 15.5. The number of benzene rings is 2. The van der Waals surface area contributed by atoms with E-state index >= 15 is 0 Å². The number of aryl methyl sites for hydroxylation is 2. The number of halogens is 1. The highest BCUT2D eigenvalue weighted by molar-refractivity contribution is 9.10. The second kappa shape index (κ2) is 7.33. The van der Waals surface area contributed by atoms with Gasteiger partial charge >= 0.3 is 0 Å². The van der Waals surface area contributed by atoms with Crippen LogP contribution in [0.2, 0.25) is 0 Å². The molecule has 3 rings (SSSR count). The van der Waals surface area contributed by atoms with Crippen molar-refractivity contribution in [2.24, 2.45) is 0 Å². The van der Waals surface area contributed by atoms with E-state index in [-0.39, 0.29) is 11.5 Å². The number of amides is 2. The Balaban J connectivity index is 1.98. The fraction of sp³-hybridized carbons (Fsp3) is 0.200. The molecule has 2 aromatic carbocycles. The summed E-state index contributed by atoms with van der Waals surface area (Å²) in [6, 6.07) is 11.1. The van der Waals surface area contributed by atoms with Crippen LogP contribution < -0.4 is 15.2 Å². The van der Waals surface area contributed by atoms with Crippen LogP contribution in [0.4, 0.5) is 5.69 Å². The van der Waals surface area contributed by atoms with Crippen LogP contribution in [0.15, 0.2) is 46.4 Å². The van der Waals surface area contributed by atoms with E-state index in [0.29, 0.717) is 23.6 Å². The zero-order valence-corrected chi connectivity index (χ0v) is 16.4. The molecule has 1 saturated heterocycles. The van der Waals surface area contributed by atoms with Gasteiger partial charge in [0.25, 0.3) is 11.8 Å². The Kier molecular flexibility index (Phi) is 5.13. The van der Waals surface area contributed by atoms with Crippen LogP contribution in [0.5, 0.6) is 5.75 Å². The first-order valence-corrected chi connectivity index (χ1v) is 9.06. The highest BCUT2D eigenvalue weighted by Gasteiger charge is 2.34. The van der Waals surface area contributed by atoms with Crippen molar-refractivity contribution in [2.45, 2.75) is 20.8 Å². The summed E-state index contributed by atoms with van der Waals surface area (Å²) in [6.07, 6.45) is 1.56. The zero-order valence-electron chi connectivity index (χ0n) is 14.8. The molecule has 0 bridgehead atoms. The summed E-state index contributed by atoms with van der Waals surface area (Å²) in [5.41, 5.74) is 6.17. The molecule has 2 aromatic rings. The molecule has 1 aliphatic heterocycles. The van der Waals surface area contributed by atoms with E-state index < -0.39 is 5.91 Å². The monoisotopic (exact) mass is 414 g/mol. The fourth-order valence-corrected chi connectivity index (χ4v) is 3.06. The van der Waals surface area contributed by atoms with Gasteiger partial charge in [-0.1, -0.05) is 22.0 Å². The minimum absolute atomic E-state index is 0.0716. The molecule has 0 atom stereocenters. The molecular weight excluding hydrogens is 396 g/mol. The first-order valence-electron chi connectivity index (χ1n) is 8.27. The first-order chi connectivity index (χ1) is 12.4. The summed E-state index contributed by atoms with van der Waals surface area (Å²) in [5.74, 6) is -0.204. The molecule has 1 aliphatic rings. The van der Waals surface area contributed by atoms with Crippen molar-refractivity contribution < 1.29 is 14.3 Å². The van der Waals surface area contributed by atoms with Crippen LogP contribution in [0, 0.1) is 13.8 Å². The smallest absolute Gasteiger partial charge is 0.282 e. The van der Waals surface area contributed by atoms with Gasteiger partial charge in [0.15, 0.2) is 0 Å². The minimum Gasteiger partial charge on any atom is -0.493 e. The van der Waals surface area contributed by atoms with Gasteiger partial charge in [-0.05, 0) is 68.3 Å². The number of hydrazine groups is 1. The number of hydrogen-bond acceptors (Lipinski definition) is 3. The highest BCUT2D eigenvalue weighted by Crippen LogP contribution is 2.28. The molecule has 1 N–H and O–H groups in total. The van der Waals surface area contributed by atoms with E-state index in [1.807, 2.05) is 51.1 Å². The molecule has 1 heterocycles. The van der Waals surface area contributed by atoms with Crippen molar-refractivity contribution in [1.29, 1.82) is 0 Å². The van der Waals surface area contributed by atoms with Crippen LogP contribution in [0.1, 0.15) is 23.6 Å². The van der Waals surface area contributed by atoms with Crippen molar-refractivity contribution in [2.75, 3.05) is 11.6 Å². The number of hydrogen-bond donors (Lipinski definition) is 1. The molecule has 0 aliphatic carbocycles. The fourth-order valence-electron chi connectivity index (χ4n) is 2.68. The number of carbonyl (C=O) groups is 2. The van der Waals surface area contributed by atoms with Crippen molar-refractivity contribution in [3.63, 3.8) is 0 Å². The molecule has 0 aromatic heterocycles. The second-order valence-electron chi connectivity index (χ2n) is 6.02. The maximum atomic E-state index is 12.8. The summed E-state index contributed by atoms with van der Waals surface area (Å²) in [6.45, 7) is 6.34. The molecule has 1 fully saturated rings. The van der Waals surface area contributed by atoms with E-state index in [9.17, 15) is 9.59 Å². The molecule has 6 heteroatoms. The van der Waals surface area contributed by atoms with Crippen LogP contribution in [-0.2, 0) is 9.59 Å². The van der Waals surface area contributed by atoms with Gasteiger partial charge in [0.2, 0.25) is 0 Å². The Labute approximate surface area is 160 Å². The molecular formula is C20H19BrN2O3. The molecule has 2 amide bonds. The van der Waals surface area contributed by atoms with E-state index in [0.717, 1.165) is 15.6 Å². The van der Waals surface area contributed by atoms with Crippen LogP contribution >= 0.6 is 15.9 Å². The van der Waals surface area contributed by atoms with Crippen LogP contribution in [-0.4, -0.2) is 18.4 Å². The molecule has 0 spiro atoms. The van der Waals surface area contributed by atoms with Gasteiger partial charge in [-0.15, -0.1) is 0 Å². The second-order valence-corrected chi connectivity index (χ2v) is 6.94. The Morgan fingerprint density at radius 2 is 1.88 bits per heavy atom. The van der Waals surface area contributed by atoms with Crippen molar-refractivity contribution in [1.82, 2.24) is 5.43 Å². The topological polar surface area (TPSA) is 58.6 Å². The summed E-state index contributed by atoms with van der Waals surface area (Å²) in [7, 11) is 0. The third-order valence-corrected chi connectivity index (χ3v) is 4.70. The predicted molar refractivity (Wildman–Crippen MR) is 105 cm³/mol. The average molecular weight is 415 g/mol. The zero-order chi connectivity index (χ0) is 18.8. The number of nitrogens with zero attached hydrogens (tertiary/aromatic N) is 1.